The van der Waals surface area contributed by atoms with Gasteiger partial charge >= 0.3 is 6.18 Å². The average molecular weight is 414 g/mol. The molecular formula is C18H15ClF3N3OS. The Morgan fingerprint density at radius 1 is 1.19 bits per heavy atom. The number of hydrogen-bond donors (Lipinski definition) is 0. The van der Waals surface area contributed by atoms with Crippen molar-refractivity contribution < 1.29 is 18.0 Å². The molecule has 2 aromatic heterocycles. The Kier molecular flexibility index (Phi) is 5.22. The average Bonchev–Trinajstić information content (AvgIpc) is 2.99. The van der Waals surface area contributed by atoms with Crippen LogP contribution in [0.3, 0.4) is 0 Å². The first-order chi connectivity index (χ1) is 12.6. The van der Waals surface area contributed by atoms with E-state index in [1.54, 1.807) is 19.1 Å². The predicted molar refractivity (Wildman–Crippen MR) is 98.6 cm³/mol. The van der Waals surface area contributed by atoms with Crippen LogP contribution in [0.1, 0.15) is 34.0 Å². The molecule has 0 aliphatic rings. The van der Waals surface area contributed by atoms with Crippen LogP contribution in [0.4, 0.5) is 13.2 Å². The van der Waals surface area contributed by atoms with Crippen molar-refractivity contribution in [2.45, 2.75) is 37.4 Å². The van der Waals surface area contributed by atoms with Crippen molar-refractivity contribution in [3.05, 3.63) is 57.7 Å². The molecule has 142 valence electrons. The van der Waals surface area contributed by atoms with E-state index >= 15 is 0 Å². The summed E-state index contributed by atoms with van der Waals surface area (Å²) < 4.78 is 40.3. The van der Waals surface area contributed by atoms with Crippen LogP contribution in [0.15, 0.2) is 35.6 Å². The molecule has 0 unspecified atom stereocenters. The lowest BCUT2D eigenvalue weighted by Crippen LogP contribution is -2.14. The van der Waals surface area contributed by atoms with E-state index < -0.39 is 17.0 Å². The van der Waals surface area contributed by atoms with Gasteiger partial charge in [-0.1, -0.05) is 35.5 Å². The van der Waals surface area contributed by atoms with Gasteiger partial charge in [-0.15, -0.1) is 10.2 Å². The summed E-state index contributed by atoms with van der Waals surface area (Å²) in [7, 11) is 0. The van der Waals surface area contributed by atoms with Gasteiger partial charge in [-0.05, 0) is 44.0 Å². The number of hydrogen-bond acceptors (Lipinski definition) is 4. The Bertz CT molecular complexity index is 1030. The van der Waals surface area contributed by atoms with E-state index in [2.05, 4.69) is 10.2 Å². The number of halogens is 4. The van der Waals surface area contributed by atoms with E-state index in [0.29, 0.717) is 5.56 Å². The van der Waals surface area contributed by atoms with E-state index in [1.807, 2.05) is 19.9 Å². The van der Waals surface area contributed by atoms with Gasteiger partial charge < -0.3 is 0 Å². The van der Waals surface area contributed by atoms with Crippen molar-refractivity contribution in [1.82, 2.24) is 14.6 Å². The van der Waals surface area contributed by atoms with Crippen molar-refractivity contribution in [2.75, 3.05) is 0 Å². The van der Waals surface area contributed by atoms with Crippen molar-refractivity contribution in [1.29, 1.82) is 0 Å². The third-order valence-electron chi connectivity index (χ3n) is 4.20. The molecule has 1 aromatic carbocycles. The second-order valence-electron chi connectivity index (χ2n) is 6.17. The first kappa shape index (κ1) is 19.7. The Morgan fingerprint density at radius 3 is 2.52 bits per heavy atom. The van der Waals surface area contributed by atoms with Gasteiger partial charge in [0.05, 0.1) is 15.8 Å². The number of thioether (sulfide) groups is 1. The van der Waals surface area contributed by atoms with Gasteiger partial charge in [0.15, 0.2) is 16.6 Å². The minimum absolute atomic E-state index is 0.109. The molecule has 0 fully saturated rings. The Balaban J connectivity index is 1.92. The van der Waals surface area contributed by atoms with Crippen molar-refractivity contribution in [2.24, 2.45) is 0 Å². The maximum atomic E-state index is 13.0. The van der Waals surface area contributed by atoms with Gasteiger partial charge in [0, 0.05) is 11.8 Å². The summed E-state index contributed by atoms with van der Waals surface area (Å²) in [6.07, 6.45) is -3.67. The normalized spacial score (nSPS) is 13.1. The van der Waals surface area contributed by atoms with Crippen molar-refractivity contribution >= 4 is 34.8 Å². The molecule has 0 aliphatic carbocycles. The zero-order chi connectivity index (χ0) is 19.9. The lowest BCUT2D eigenvalue weighted by atomic mass is 10.0. The molecular weight excluding hydrogens is 399 g/mol. The third kappa shape index (κ3) is 3.96. The van der Waals surface area contributed by atoms with E-state index in [9.17, 15) is 18.0 Å². The number of aromatic nitrogens is 3. The number of pyridine rings is 1. The largest absolute Gasteiger partial charge is 0.417 e. The van der Waals surface area contributed by atoms with Crippen LogP contribution in [0.5, 0.6) is 0 Å². The minimum atomic E-state index is -4.55. The summed E-state index contributed by atoms with van der Waals surface area (Å²) in [4.78, 5) is 12.7. The highest BCUT2D eigenvalue weighted by Gasteiger charge is 2.32. The standard InChI is InChI=1S/C18H15ClF3N3OS/c1-9-4-5-12(6-10(9)2)15(26)11(3)27-17-24-23-16-14(19)7-13(8-25(16)17)18(20,21)22/h4-8,11H,1-3H3/t11-/m0/s1. The molecule has 1 atom stereocenters. The minimum Gasteiger partial charge on any atom is -0.293 e. The number of fused-ring (bicyclic) bond motifs is 1. The summed E-state index contributed by atoms with van der Waals surface area (Å²) in [6.45, 7) is 5.54. The fourth-order valence-corrected chi connectivity index (χ4v) is 3.66. The zero-order valence-electron chi connectivity index (χ0n) is 14.6. The number of benzene rings is 1. The van der Waals surface area contributed by atoms with Crippen LogP contribution in [-0.4, -0.2) is 25.6 Å². The molecule has 0 radical (unpaired) electrons. The smallest absolute Gasteiger partial charge is 0.293 e. The molecule has 9 heteroatoms. The molecule has 4 nitrogen and oxygen atoms in total. The summed E-state index contributed by atoms with van der Waals surface area (Å²) in [5.41, 5.74) is 1.81. The Hall–Kier alpha value is -2.06. The van der Waals surface area contributed by atoms with E-state index in [1.165, 1.54) is 4.40 Å². The Labute approximate surface area is 162 Å². The number of nitrogens with zero attached hydrogens (tertiary/aromatic N) is 3. The van der Waals surface area contributed by atoms with Crippen LogP contribution < -0.4 is 0 Å². The number of carbonyl (C=O) groups is 1. The molecule has 0 saturated carbocycles. The van der Waals surface area contributed by atoms with Gasteiger partial charge in [0.2, 0.25) is 0 Å². The summed E-state index contributed by atoms with van der Waals surface area (Å²) >= 11 is 6.94. The van der Waals surface area contributed by atoms with Crippen molar-refractivity contribution in [3.63, 3.8) is 0 Å². The second-order valence-corrected chi connectivity index (χ2v) is 7.89. The lowest BCUT2D eigenvalue weighted by Gasteiger charge is -2.12. The SMILES string of the molecule is Cc1ccc(C(=O)[C@H](C)Sc2nnc3c(Cl)cc(C(F)(F)F)cn23)cc1C. The van der Waals surface area contributed by atoms with E-state index in [4.69, 9.17) is 11.6 Å². The highest BCUT2D eigenvalue weighted by atomic mass is 35.5. The third-order valence-corrected chi connectivity index (χ3v) is 5.53. The monoisotopic (exact) mass is 413 g/mol. The maximum Gasteiger partial charge on any atom is 0.417 e. The van der Waals surface area contributed by atoms with Crippen molar-refractivity contribution in [3.8, 4) is 0 Å². The molecule has 0 N–H and O–H groups in total. The number of carbonyl (C=O) groups excluding carboxylic acids is 1. The molecule has 3 rings (SSSR count). The Morgan fingerprint density at radius 2 is 1.89 bits per heavy atom. The van der Waals surface area contributed by atoms with E-state index in [0.717, 1.165) is 35.2 Å². The molecule has 0 bridgehead atoms. The number of alkyl halides is 3. The van der Waals surface area contributed by atoms with Gasteiger partial charge in [0.25, 0.3) is 0 Å². The summed E-state index contributed by atoms with van der Waals surface area (Å²) in [5.74, 6) is -0.141. The highest BCUT2D eigenvalue weighted by Crippen LogP contribution is 2.34. The molecule has 27 heavy (non-hydrogen) atoms. The first-order valence-corrected chi connectivity index (χ1v) is 9.23. The highest BCUT2D eigenvalue weighted by molar-refractivity contribution is 8.00. The van der Waals surface area contributed by atoms with Gasteiger partial charge in [-0.3, -0.25) is 9.20 Å². The molecule has 2 heterocycles. The molecule has 0 aliphatic heterocycles. The zero-order valence-corrected chi connectivity index (χ0v) is 16.2. The molecule has 3 aromatic rings. The molecule has 0 saturated heterocycles. The number of ketones is 1. The lowest BCUT2D eigenvalue weighted by molar-refractivity contribution is -0.137. The van der Waals surface area contributed by atoms with E-state index in [-0.39, 0.29) is 21.6 Å². The molecule has 0 amide bonds. The first-order valence-electron chi connectivity index (χ1n) is 7.97. The predicted octanol–water partition coefficient (Wildman–Crippen LogP) is 5.38. The van der Waals surface area contributed by atoms with Gasteiger partial charge in [0.1, 0.15) is 0 Å². The second kappa shape index (κ2) is 7.16. The molecule has 0 spiro atoms. The number of Topliss-reactive ketones (excluding diaryl/α,β-unsaturated/α-hetero) is 1. The van der Waals surface area contributed by atoms with Crippen LogP contribution in [-0.2, 0) is 6.18 Å². The van der Waals surface area contributed by atoms with Crippen LogP contribution in [0.2, 0.25) is 5.02 Å². The van der Waals surface area contributed by atoms with Crippen LogP contribution >= 0.6 is 23.4 Å². The van der Waals surface area contributed by atoms with Gasteiger partial charge in [-0.2, -0.15) is 13.2 Å². The summed E-state index contributed by atoms with van der Waals surface area (Å²) in [6, 6.07) is 6.21. The fraction of sp³-hybridized carbons (Fsp3) is 0.278. The number of rotatable bonds is 4. The maximum absolute atomic E-state index is 13.0. The number of aryl methyl sites for hydroxylation is 2. The quantitative estimate of drug-likeness (QED) is 0.425. The fourth-order valence-electron chi connectivity index (χ4n) is 2.51. The van der Waals surface area contributed by atoms with Crippen LogP contribution in [0, 0.1) is 13.8 Å². The summed E-state index contributed by atoms with van der Waals surface area (Å²) in [5, 5.41) is 7.18. The van der Waals surface area contributed by atoms with Crippen LogP contribution in [0.25, 0.3) is 5.65 Å². The topological polar surface area (TPSA) is 47.3 Å². The van der Waals surface area contributed by atoms with Gasteiger partial charge in [-0.25, -0.2) is 0 Å².